The van der Waals surface area contributed by atoms with Crippen molar-refractivity contribution >= 4 is 10.9 Å². The molecule has 1 nitrogen and oxygen atoms in total. The van der Waals surface area contributed by atoms with Gasteiger partial charge in [-0.05, 0) is 60.6 Å². The van der Waals surface area contributed by atoms with E-state index in [2.05, 4.69) is 12.1 Å². The number of halogens is 1. The molecule has 0 fully saturated rings. The Hall–Kier alpha value is -2.22. The molecule has 0 N–H and O–H groups in total. The van der Waals surface area contributed by atoms with Gasteiger partial charge in [-0.2, -0.15) is 0 Å². The first-order valence-electron chi connectivity index (χ1n) is 7.49. The average molecular weight is 277 g/mol. The molecule has 0 amide bonds. The van der Waals surface area contributed by atoms with Crippen LogP contribution in [-0.4, -0.2) is 4.98 Å². The van der Waals surface area contributed by atoms with E-state index in [1.165, 1.54) is 35.0 Å². The van der Waals surface area contributed by atoms with Gasteiger partial charge in [0.15, 0.2) is 0 Å². The van der Waals surface area contributed by atoms with E-state index in [4.69, 9.17) is 4.98 Å². The number of fused-ring (bicyclic) bond motifs is 2. The van der Waals surface area contributed by atoms with Crippen molar-refractivity contribution in [1.29, 1.82) is 0 Å². The van der Waals surface area contributed by atoms with E-state index in [1.54, 1.807) is 12.1 Å². The maximum atomic E-state index is 13.2. The number of hydrogen-bond acceptors (Lipinski definition) is 1. The summed E-state index contributed by atoms with van der Waals surface area (Å²) < 4.78 is 13.2. The summed E-state index contributed by atoms with van der Waals surface area (Å²) in [6.45, 7) is 0. The lowest BCUT2D eigenvalue weighted by Gasteiger charge is -2.21. The van der Waals surface area contributed by atoms with Crippen LogP contribution in [-0.2, 0) is 12.8 Å². The Balaban J connectivity index is 2.07. The van der Waals surface area contributed by atoms with Crippen molar-refractivity contribution in [2.45, 2.75) is 25.7 Å². The van der Waals surface area contributed by atoms with E-state index >= 15 is 0 Å². The Kier molecular flexibility index (Phi) is 2.95. The van der Waals surface area contributed by atoms with Gasteiger partial charge in [0.2, 0.25) is 0 Å². The van der Waals surface area contributed by atoms with Gasteiger partial charge in [0, 0.05) is 11.1 Å². The van der Waals surface area contributed by atoms with Crippen LogP contribution in [0.4, 0.5) is 4.39 Å². The van der Waals surface area contributed by atoms with Crippen LogP contribution >= 0.6 is 0 Å². The van der Waals surface area contributed by atoms with Crippen LogP contribution < -0.4 is 0 Å². The molecule has 2 aromatic carbocycles. The van der Waals surface area contributed by atoms with Crippen molar-refractivity contribution in [2.24, 2.45) is 0 Å². The fourth-order valence-corrected chi connectivity index (χ4v) is 3.32. The van der Waals surface area contributed by atoms with Gasteiger partial charge < -0.3 is 0 Å². The number of aromatic nitrogens is 1. The molecule has 2 heteroatoms. The number of nitrogens with zero attached hydrogens (tertiary/aromatic N) is 1. The second kappa shape index (κ2) is 4.96. The van der Waals surface area contributed by atoms with E-state index in [-0.39, 0.29) is 5.82 Å². The van der Waals surface area contributed by atoms with E-state index in [0.717, 1.165) is 23.9 Å². The van der Waals surface area contributed by atoms with Crippen LogP contribution in [0.2, 0.25) is 0 Å². The molecule has 0 saturated carbocycles. The zero-order valence-corrected chi connectivity index (χ0v) is 11.8. The molecule has 0 aliphatic heterocycles. The minimum Gasteiger partial charge on any atom is -0.253 e. The van der Waals surface area contributed by atoms with Crippen molar-refractivity contribution in [1.82, 2.24) is 4.98 Å². The molecule has 0 spiro atoms. The lowest BCUT2D eigenvalue weighted by molar-refractivity contribution is 0.628. The normalized spacial score (nSPS) is 14.1. The van der Waals surface area contributed by atoms with Crippen molar-refractivity contribution in [3.8, 4) is 11.1 Å². The fraction of sp³-hybridized carbons (Fsp3) is 0.211. The molecule has 3 aromatic rings. The van der Waals surface area contributed by atoms with Gasteiger partial charge >= 0.3 is 0 Å². The highest BCUT2D eigenvalue weighted by Gasteiger charge is 2.18. The van der Waals surface area contributed by atoms with Gasteiger partial charge in [0.1, 0.15) is 5.82 Å². The molecular weight excluding hydrogens is 261 g/mol. The predicted molar refractivity (Wildman–Crippen MR) is 83.8 cm³/mol. The molecule has 0 saturated heterocycles. The smallest absolute Gasteiger partial charge is 0.123 e. The summed E-state index contributed by atoms with van der Waals surface area (Å²) in [4.78, 5) is 4.85. The molecule has 0 radical (unpaired) electrons. The second-order valence-electron chi connectivity index (χ2n) is 5.64. The minimum atomic E-state index is -0.189. The van der Waals surface area contributed by atoms with Crippen LogP contribution in [0.15, 0.2) is 48.5 Å². The highest BCUT2D eigenvalue weighted by Crippen LogP contribution is 2.36. The zero-order valence-electron chi connectivity index (χ0n) is 11.8. The van der Waals surface area contributed by atoms with Gasteiger partial charge in [0.05, 0.1) is 5.52 Å². The fourth-order valence-electron chi connectivity index (χ4n) is 3.32. The number of rotatable bonds is 1. The minimum absolute atomic E-state index is 0.189. The van der Waals surface area contributed by atoms with Gasteiger partial charge in [0.25, 0.3) is 0 Å². The quantitative estimate of drug-likeness (QED) is 0.615. The standard InChI is InChI=1S/C19H16FN/c20-14-11-9-13(10-12-14)19-15-5-1-3-7-17(15)21-18-8-4-2-6-16(18)19/h1,3,5,7,9-12H,2,4,6,8H2. The van der Waals surface area contributed by atoms with E-state index in [0.29, 0.717) is 0 Å². The third-order valence-corrected chi connectivity index (χ3v) is 4.30. The zero-order chi connectivity index (χ0) is 14.2. The maximum absolute atomic E-state index is 13.2. The topological polar surface area (TPSA) is 12.9 Å². The SMILES string of the molecule is Fc1ccc(-c2c3c(nc4ccccc24)CCCC3)cc1. The van der Waals surface area contributed by atoms with Crippen molar-refractivity contribution in [3.05, 3.63) is 65.6 Å². The van der Waals surface area contributed by atoms with Crippen molar-refractivity contribution < 1.29 is 4.39 Å². The van der Waals surface area contributed by atoms with E-state index in [1.807, 2.05) is 24.3 Å². The monoisotopic (exact) mass is 277 g/mol. The van der Waals surface area contributed by atoms with E-state index < -0.39 is 0 Å². The molecule has 4 rings (SSSR count). The Morgan fingerprint density at radius 1 is 0.857 bits per heavy atom. The lowest BCUT2D eigenvalue weighted by Crippen LogP contribution is -2.08. The first kappa shape index (κ1) is 12.5. The first-order valence-corrected chi connectivity index (χ1v) is 7.49. The van der Waals surface area contributed by atoms with Gasteiger partial charge in [-0.3, -0.25) is 4.98 Å². The number of pyridine rings is 1. The lowest BCUT2D eigenvalue weighted by atomic mass is 9.87. The molecule has 0 atom stereocenters. The molecule has 21 heavy (non-hydrogen) atoms. The van der Waals surface area contributed by atoms with Crippen molar-refractivity contribution in [3.63, 3.8) is 0 Å². The highest BCUT2D eigenvalue weighted by atomic mass is 19.1. The van der Waals surface area contributed by atoms with Crippen LogP contribution in [0.3, 0.4) is 0 Å². The Morgan fingerprint density at radius 3 is 2.48 bits per heavy atom. The van der Waals surface area contributed by atoms with Gasteiger partial charge in [-0.15, -0.1) is 0 Å². The molecule has 1 heterocycles. The summed E-state index contributed by atoms with van der Waals surface area (Å²) in [6.07, 6.45) is 4.54. The molecule has 1 aliphatic carbocycles. The Labute approximate surface area is 123 Å². The number of benzene rings is 2. The van der Waals surface area contributed by atoms with Gasteiger partial charge in [-0.1, -0.05) is 30.3 Å². The predicted octanol–water partition coefficient (Wildman–Crippen LogP) is 4.92. The summed E-state index contributed by atoms with van der Waals surface area (Å²) in [5.41, 5.74) is 5.95. The summed E-state index contributed by atoms with van der Waals surface area (Å²) in [5.74, 6) is -0.189. The third kappa shape index (κ3) is 2.11. The summed E-state index contributed by atoms with van der Waals surface area (Å²) in [5, 5.41) is 1.17. The average Bonchev–Trinajstić information content (AvgIpc) is 2.53. The molecule has 1 aromatic heterocycles. The number of aryl methyl sites for hydroxylation is 1. The summed E-state index contributed by atoms with van der Waals surface area (Å²) in [6, 6.07) is 15.1. The maximum Gasteiger partial charge on any atom is 0.123 e. The number of para-hydroxylation sites is 1. The largest absolute Gasteiger partial charge is 0.253 e. The van der Waals surface area contributed by atoms with Crippen molar-refractivity contribution in [2.75, 3.05) is 0 Å². The summed E-state index contributed by atoms with van der Waals surface area (Å²) >= 11 is 0. The third-order valence-electron chi connectivity index (χ3n) is 4.30. The number of hydrogen-bond donors (Lipinski definition) is 0. The van der Waals surface area contributed by atoms with Crippen LogP contribution in [0.25, 0.3) is 22.0 Å². The molecular formula is C19H16FN. The molecule has 0 bridgehead atoms. The van der Waals surface area contributed by atoms with Crippen LogP contribution in [0.5, 0.6) is 0 Å². The van der Waals surface area contributed by atoms with Gasteiger partial charge in [-0.25, -0.2) is 4.39 Å². The molecule has 104 valence electrons. The van der Waals surface area contributed by atoms with E-state index in [9.17, 15) is 4.39 Å². The van der Waals surface area contributed by atoms with Crippen LogP contribution in [0, 0.1) is 5.82 Å². The summed E-state index contributed by atoms with van der Waals surface area (Å²) in [7, 11) is 0. The van der Waals surface area contributed by atoms with Crippen LogP contribution in [0.1, 0.15) is 24.1 Å². The second-order valence-corrected chi connectivity index (χ2v) is 5.64. The Bertz CT molecular complexity index is 806. The molecule has 0 unspecified atom stereocenters. The first-order chi connectivity index (χ1) is 10.3. The molecule has 1 aliphatic rings. The Morgan fingerprint density at radius 2 is 1.62 bits per heavy atom. The highest BCUT2D eigenvalue weighted by molar-refractivity contribution is 5.96.